The molecule has 1 amide bonds. The maximum absolute atomic E-state index is 11.4. The largest absolute Gasteiger partial charge is 0.467 e. The van der Waals surface area contributed by atoms with Crippen molar-refractivity contribution in [1.29, 1.82) is 0 Å². The molecule has 1 fully saturated rings. The van der Waals surface area contributed by atoms with E-state index in [9.17, 15) is 4.79 Å². The fourth-order valence-electron chi connectivity index (χ4n) is 1.82. The molecule has 0 bridgehead atoms. The molecule has 1 unspecified atom stereocenters. The van der Waals surface area contributed by atoms with Gasteiger partial charge in [-0.25, -0.2) is 0 Å². The van der Waals surface area contributed by atoms with Crippen LogP contribution in [0.5, 0.6) is 0 Å². The SMILES string of the molecule is CC(=O)N1CCNCC1c1ccco1. The molecule has 0 saturated carbocycles. The first-order valence-electron chi connectivity index (χ1n) is 4.80. The molecule has 1 aromatic rings. The lowest BCUT2D eigenvalue weighted by Crippen LogP contribution is -2.47. The van der Waals surface area contributed by atoms with Crippen LogP contribution in [0.2, 0.25) is 0 Å². The predicted molar refractivity (Wildman–Crippen MR) is 51.7 cm³/mol. The van der Waals surface area contributed by atoms with Gasteiger partial charge >= 0.3 is 0 Å². The highest BCUT2D eigenvalue weighted by Gasteiger charge is 2.27. The van der Waals surface area contributed by atoms with Crippen LogP contribution in [-0.4, -0.2) is 30.4 Å². The van der Waals surface area contributed by atoms with Gasteiger partial charge in [0.1, 0.15) is 11.8 Å². The second-order valence-electron chi connectivity index (χ2n) is 3.45. The molecule has 1 saturated heterocycles. The van der Waals surface area contributed by atoms with Crippen molar-refractivity contribution >= 4 is 5.91 Å². The Morgan fingerprint density at radius 3 is 3.21 bits per heavy atom. The molecule has 2 heterocycles. The molecule has 0 aromatic carbocycles. The van der Waals surface area contributed by atoms with Crippen LogP contribution in [-0.2, 0) is 4.79 Å². The first-order valence-corrected chi connectivity index (χ1v) is 4.80. The quantitative estimate of drug-likeness (QED) is 0.718. The van der Waals surface area contributed by atoms with Gasteiger partial charge in [-0.2, -0.15) is 0 Å². The fraction of sp³-hybridized carbons (Fsp3) is 0.500. The molecule has 1 aliphatic rings. The molecular weight excluding hydrogens is 180 g/mol. The summed E-state index contributed by atoms with van der Waals surface area (Å²) in [6.45, 7) is 3.98. The summed E-state index contributed by atoms with van der Waals surface area (Å²) in [5.74, 6) is 0.959. The molecule has 4 nitrogen and oxygen atoms in total. The number of hydrogen-bond acceptors (Lipinski definition) is 3. The van der Waals surface area contributed by atoms with E-state index in [1.54, 1.807) is 13.2 Å². The van der Waals surface area contributed by atoms with Gasteiger partial charge in [0.2, 0.25) is 5.91 Å². The standard InChI is InChI=1S/C10H14N2O2/c1-8(13)12-5-4-11-7-9(12)10-3-2-6-14-10/h2-3,6,9,11H,4-5,7H2,1H3. The Morgan fingerprint density at radius 2 is 2.57 bits per heavy atom. The number of rotatable bonds is 1. The molecule has 76 valence electrons. The number of nitrogens with zero attached hydrogens (tertiary/aromatic N) is 1. The van der Waals surface area contributed by atoms with Crippen LogP contribution >= 0.6 is 0 Å². The van der Waals surface area contributed by atoms with E-state index in [-0.39, 0.29) is 11.9 Å². The summed E-state index contributed by atoms with van der Waals surface area (Å²) in [6.07, 6.45) is 1.64. The molecule has 14 heavy (non-hydrogen) atoms. The van der Waals surface area contributed by atoms with Gasteiger partial charge in [0.25, 0.3) is 0 Å². The van der Waals surface area contributed by atoms with Crippen molar-refractivity contribution in [1.82, 2.24) is 10.2 Å². The minimum Gasteiger partial charge on any atom is -0.467 e. The minimum absolute atomic E-state index is 0.0521. The van der Waals surface area contributed by atoms with Crippen molar-refractivity contribution in [2.24, 2.45) is 0 Å². The minimum atomic E-state index is 0.0521. The lowest BCUT2D eigenvalue weighted by Gasteiger charge is -2.34. The molecule has 1 aromatic heterocycles. The summed E-state index contributed by atoms with van der Waals surface area (Å²) < 4.78 is 5.32. The van der Waals surface area contributed by atoms with Crippen LogP contribution in [0.3, 0.4) is 0 Å². The van der Waals surface area contributed by atoms with Crippen LogP contribution < -0.4 is 5.32 Å². The third-order valence-electron chi connectivity index (χ3n) is 2.52. The molecule has 4 heteroatoms. The van der Waals surface area contributed by atoms with Crippen molar-refractivity contribution < 1.29 is 9.21 Å². The van der Waals surface area contributed by atoms with Crippen molar-refractivity contribution in [3.05, 3.63) is 24.2 Å². The second kappa shape index (κ2) is 3.84. The van der Waals surface area contributed by atoms with E-state index in [2.05, 4.69) is 5.32 Å². The molecule has 2 rings (SSSR count). The van der Waals surface area contributed by atoms with E-state index in [0.29, 0.717) is 0 Å². The Balaban J connectivity index is 2.18. The highest BCUT2D eigenvalue weighted by Crippen LogP contribution is 2.22. The molecule has 0 aliphatic carbocycles. The summed E-state index contributed by atoms with van der Waals surface area (Å²) in [5, 5.41) is 3.25. The number of nitrogens with one attached hydrogen (secondary N) is 1. The van der Waals surface area contributed by atoms with E-state index in [4.69, 9.17) is 4.42 Å². The highest BCUT2D eigenvalue weighted by molar-refractivity contribution is 5.73. The highest BCUT2D eigenvalue weighted by atomic mass is 16.3. The number of furan rings is 1. The first-order chi connectivity index (χ1) is 6.79. The van der Waals surface area contributed by atoms with Gasteiger partial charge < -0.3 is 14.6 Å². The van der Waals surface area contributed by atoms with Gasteiger partial charge in [0.15, 0.2) is 0 Å². The van der Waals surface area contributed by atoms with Crippen LogP contribution in [0.1, 0.15) is 18.7 Å². The molecule has 1 aliphatic heterocycles. The smallest absolute Gasteiger partial charge is 0.220 e. The van der Waals surface area contributed by atoms with Gasteiger partial charge in [-0.3, -0.25) is 4.79 Å². The van der Waals surface area contributed by atoms with Gasteiger partial charge in [-0.1, -0.05) is 0 Å². The Bertz CT molecular complexity index is 308. The summed E-state index contributed by atoms with van der Waals surface area (Å²) in [4.78, 5) is 13.2. The average molecular weight is 194 g/mol. The average Bonchev–Trinajstić information content (AvgIpc) is 2.70. The molecule has 1 N–H and O–H groups in total. The van der Waals surface area contributed by atoms with Crippen LogP contribution in [0, 0.1) is 0 Å². The molecular formula is C10H14N2O2. The Morgan fingerprint density at radius 1 is 1.71 bits per heavy atom. The molecule has 0 radical (unpaired) electrons. The predicted octanol–water partition coefficient (Wildman–Crippen LogP) is 0.772. The van der Waals surface area contributed by atoms with Crippen LogP contribution in [0.15, 0.2) is 22.8 Å². The summed E-state index contributed by atoms with van der Waals surface area (Å²) >= 11 is 0. The summed E-state index contributed by atoms with van der Waals surface area (Å²) in [6, 6.07) is 3.81. The third-order valence-corrected chi connectivity index (χ3v) is 2.52. The van der Waals surface area contributed by atoms with Gasteiger partial charge in [0.05, 0.1) is 6.26 Å². The van der Waals surface area contributed by atoms with Crippen LogP contribution in [0.4, 0.5) is 0 Å². The zero-order chi connectivity index (χ0) is 9.97. The Hall–Kier alpha value is -1.29. The number of amides is 1. The monoisotopic (exact) mass is 194 g/mol. The second-order valence-corrected chi connectivity index (χ2v) is 3.45. The van der Waals surface area contributed by atoms with E-state index in [1.165, 1.54) is 0 Å². The Kier molecular flexibility index (Phi) is 2.54. The van der Waals surface area contributed by atoms with E-state index >= 15 is 0 Å². The number of carbonyl (C=O) groups excluding carboxylic acids is 1. The van der Waals surface area contributed by atoms with E-state index < -0.39 is 0 Å². The van der Waals surface area contributed by atoms with E-state index in [1.807, 2.05) is 17.0 Å². The van der Waals surface area contributed by atoms with Crippen molar-refractivity contribution in [2.75, 3.05) is 19.6 Å². The van der Waals surface area contributed by atoms with E-state index in [0.717, 1.165) is 25.4 Å². The third kappa shape index (κ3) is 1.65. The summed E-state index contributed by atoms with van der Waals surface area (Å²) in [5.41, 5.74) is 0. The maximum atomic E-state index is 11.4. The van der Waals surface area contributed by atoms with Gasteiger partial charge in [0, 0.05) is 26.6 Å². The normalized spacial score (nSPS) is 22.4. The Labute approximate surface area is 82.9 Å². The fourth-order valence-corrected chi connectivity index (χ4v) is 1.82. The number of carbonyl (C=O) groups is 1. The van der Waals surface area contributed by atoms with Crippen molar-refractivity contribution in [3.8, 4) is 0 Å². The lowest BCUT2D eigenvalue weighted by molar-refractivity contribution is -0.132. The molecule has 1 atom stereocenters. The number of hydrogen-bond donors (Lipinski definition) is 1. The summed E-state index contributed by atoms with van der Waals surface area (Å²) in [7, 11) is 0. The first kappa shape index (κ1) is 9.27. The van der Waals surface area contributed by atoms with Gasteiger partial charge in [-0.05, 0) is 12.1 Å². The topological polar surface area (TPSA) is 45.5 Å². The maximum Gasteiger partial charge on any atom is 0.220 e. The zero-order valence-corrected chi connectivity index (χ0v) is 8.19. The number of piperazine rings is 1. The lowest BCUT2D eigenvalue weighted by atomic mass is 10.1. The van der Waals surface area contributed by atoms with Gasteiger partial charge in [-0.15, -0.1) is 0 Å². The van der Waals surface area contributed by atoms with Crippen molar-refractivity contribution in [2.45, 2.75) is 13.0 Å². The zero-order valence-electron chi connectivity index (χ0n) is 8.19. The molecule has 0 spiro atoms. The van der Waals surface area contributed by atoms with Crippen LogP contribution in [0.25, 0.3) is 0 Å². The van der Waals surface area contributed by atoms with Crippen molar-refractivity contribution in [3.63, 3.8) is 0 Å².